The Morgan fingerprint density at radius 3 is 2.32 bits per heavy atom. The lowest BCUT2D eigenvalue weighted by Crippen LogP contribution is -2.27. The zero-order chi connectivity index (χ0) is 19.6. The van der Waals surface area contributed by atoms with E-state index in [-0.39, 0.29) is 11.9 Å². The normalized spacial score (nSPS) is 15.5. The van der Waals surface area contributed by atoms with Gasteiger partial charge in [0.1, 0.15) is 0 Å². The molecule has 28 heavy (non-hydrogen) atoms. The van der Waals surface area contributed by atoms with Crippen molar-refractivity contribution in [2.45, 2.75) is 31.3 Å². The van der Waals surface area contributed by atoms with Gasteiger partial charge in [0.2, 0.25) is 5.91 Å². The second-order valence-electron chi connectivity index (χ2n) is 6.87. The number of amides is 1. The van der Waals surface area contributed by atoms with Gasteiger partial charge in [-0.15, -0.1) is 0 Å². The number of nitrogens with zero attached hydrogens (tertiary/aromatic N) is 1. The summed E-state index contributed by atoms with van der Waals surface area (Å²) in [6, 6.07) is 19.3. The smallest absolute Gasteiger partial charge is 0.303 e. The number of esters is 1. The summed E-state index contributed by atoms with van der Waals surface area (Å²) in [5, 5.41) is 3.46. The highest BCUT2D eigenvalue weighted by Gasteiger charge is 2.51. The summed E-state index contributed by atoms with van der Waals surface area (Å²) in [6.45, 7) is 1.39. The van der Waals surface area contributed by atoms with Gasteiger partial charge in [-0.25, -0.2) is 4.98 Å². The van der Waals surface area contributed by atoms with Crippen molar-refractivity contribution < 1.29 is 14.3 Å². The van der Waals surface area contributed by atoms with E-state index < -0.39 is 11.5 Å². The molecule has 1 atom stereocenters. The van der Waals surface area contributed by atoms with Crippen molar-refractivity contribution in [3.05, 3.63) is 82.9 Å². The molecule has 0 bridgehead atoms. The van der Waals surface area contributed by atoms with Crippen LogP contribution in [0.15, 0.2) is 66.9 Å². The van der Waals surface area contributed by atoms with Crippen LogP contribution in [-0.2, 0) is 19.7 Å². The number of hydrogen-bond donors (Lipinski definition) is 1. The molecule has 3 aromatic rings. The van der Waals surface area contributed by atoms with Crippen molar-refractivity contribution in [3.63, 3.8) is 0 Å². The van der Waals surface area contributed by atoms with E-state index in [1.165, 1.54) is 18.3 Å². The maximum absolute atomic E-state index is 12.9. The fraction of sp³-hybridized carbons (Fsp3) is 0.227. The van der Waals surface area contributed by atoms with E-state index >= 15 is 0 Å². The Morgan fingerprint density at radius 1 is 1.07 bits per heavy atom. The Kier molecular flexibility index (Phi) is 4.96. The molecule has 1 unspecified atom stereocenters. The summed E-state index contributed by atoms with van der Waals surface area (Å²) in [5.41, 5.74) is 1.44. The molecule has 0 saturated heterocycles. The van der Waals surface area contributed by atoms with Crippen LogP contribution in [0.3, 0.4) is 0 Å². The molecule has 1 aliphatic rings. The lowest BCUT2D eigenvalue weighted by Gasteiger charge is -2.16. The molecule has 1 heterocycles. The third-order valence-corrected chi connectivity index (χ3v) is 5.86. The van der Waals surface area contributed by atoms with Gasteiger partial charge in [0.15, 0.2) is 11.2 Å². The van der Waals surface area contributed by atoms with Crippen molar-refractivity contribution in [2.75, 3.05) is 5.32 Å². The molecule has 0 aliphatic heterocycles. The van der Waals surface area contributed by atoms with Crippen LogP contribution >= 0.6 is 11.3 Å². The summed E-state index contributed by atoms with van der Waals surface area (Å²) in [7, 11) is 0. The Morgan fingerprint density at radius 2 is 1.71 bits per heavy atom. The molecule has 0 spiro atoms. The van der Waals surface area contributed by atoms with Gasteiger partial charge in [0.05, 0.1) is 10.3 Å². The predicted octanol–water partition coefficient (Wildman–Crippen LogP) is 4.47. The first-order valence-electron chi connectivity index (χ1n) is 9.13. The van der Waals surface area contributed by atoms with Gasteiger partial charge in [0, 0.05) is 13.1 Å². The Bertz CT molecular complexity index is 981. The molecule has 142 valence electrons. The molecule has 4 rings (SSSR count). The van der Waals surface area contributed by atoms with Crippen LogP contribution in [0, 0.1) is 0 Å². The first-order valence-corrected chi connectivity index (χ1v) is 9.95. The molecule has 2 aromatic carbocycles. The molecule has 1 aliphatic carbocycles. The van der Waals surface area contributed by atoms with Gasteiger partial charge in [0.25, 0.3) is 0 Å². The molecule has 1 saturated carbocycles. The number of aromatic nitrogens is 1. The molecule has 6 heteroatoms. The Balaban J connectivity index is 1.54. The summed E-state index contributed by atoms with van der Waals surface area (Å²) >= 11 is 1.32. The largest absolute Gasteiger partial charge is 0.452 e. The molecule has 1 amide bonds. The van der Waals surface area contributed by atoms with E-state index in [4.69, 9.17) is 4.74 Å². The summed E-state index contributed by atoms with van der Waals surface area (Å²) < 4.78 is 5.51. The zero-order valence-electron chi connectivity index (χ0n) is 15.4. The van der Waals surface area contributed by atoms with Crippen LogP contribution in [0.25, 0.3) is 0 Å². The summed E-state index contributed by atoms with van der Waals surface area (Å²) in [5.74, 6) is -0.405. The van der Waals surface area contributed by atoms with E-state index in [1.54, 1.807) is 6.20 Å². The number of nitrogens with one attached hydrogen (secondary N) is 1. The van der Waals surface area contributed by atoms with Gasteiger partial charge in [-0.3, -0.25) is 9.59 Å². The second kappa shape index (κ2) is 7.56. The van der Waals surface area contributed by atoms with Crippen LogP contribution < -0.4 is 5.32 Å². The average molecular weight is 392 g/mol. The first-order chi connectivity index (χ1) is 13.6. The third-order valence-electron chi connectivity index (χ3n) is 4.90. The first kappa shape index (κ1) is 18.4. The molecule has 1 fully saturated rings. The number of anilines is 1. The maximum atomic E-state index is 12.9. The molecule has 0 radical (unpaired) electrons. The van der Waals surface area contributed by atoms with E-state index in [1.807, 2.05) is 60.7 Å². The highest BCUT2D eigenvalue weighted by Crippen LogP contribution is 2.49. The highest BCUT2D eigenvalue weighted by molar-refractivity contribution is 7.15. The van der Waals surface area contributed by atoms with Crippen LogP contribution in [-0.4, -0.2) is 16.9 Å². The van der Waals surface area contributed by atoms with E-state index in [0.29, 0.717) is 5.13 Å². The van der Waals surface area contributed by atoms with Gasteiger partial charge in [-0.2, -0.15) is 0 Å². The van der Waals surface area contributed by atoms with Gasteiger partial charge >= 0.3 is 5.97 Å². The van der Waals surface area contributed by atoms with E-state index in [2.05, 4.69) is 10.3 Å². The lowest BCUT2D eigenvalue weighted by atomic mass is 9.95. The predicted molar refractivity (Wildman–Crippen MR) is 108 cm³/mol. The fourth-order valence-corrected chi connectivity index (χ4v) is 4.16. The van der Waals surface area contributed by atoms with Gasteiger partial charge in [-0.1, -0.05) is 72.0 Å². The third kappa shape index (κ3) is 3.68. The summed E-state index contributed by atoms with van der Waals surface area (Å²) in [6.07, 6.45) is 2.79. The monoisotopic (exact) mass is 392 g/mol. The number of hydrogen-bond acceptors (Lipinski definition) is 5. The van der Waals surface area contributed by atoms with Crippen LogP contribution in [0.5, 0.6) is 0 Å². The SMILES string of the molecule is CC(=O)OC(c1ccccc1)c1cnc(NC(=O)C2(c3ccccc3)CC2)s1. The number of ether oxygens (including phenoxy) is 1. The van der Waals surface area contributed by atoms with Crippen molar-refractivity contribution >= 4 is 28.3 Å². The number of thiazole rings is 1. The molecule has 1 aromatic heterocycles. The molecular weight excluding hydrogens is 372 g/mol. The number of benzene rings is 2. The standard InChI is InChI=1S/C22H20N2O3S/c1-15(25)27-19(16-8-4-2-5-9-16)18-14-23-21(28-18)24-20(26)22(12-13-22)17-10-6-3-7-11-17/h2-11,14,19H,12-13H2,1H3,(H,23,24,26). The second-order valence-corrected chi connectivity index (χ2v) is 7.93. The van der Waals surface area contributed by atoms with Crippen LogP contribution in [0.1, 0.15) is 41.9 Å². The maximum Gasteiger partial charge on any atom is 0.303 e. The van der Waals surface area contributed by atoms with Gasteiger partial charge in [-0.05, 0) is 24.0 Å². The van der Waals surface area contributed by atoms with Crippen molar-refractivity contribution in [1.82, 2.24) is 4.98 Å². The van der Waals surface area contributed by atoms with Crippen molar-refractivity contribution in [3.8, 4) is 0 Å². The van der Waals surface area contributed by atoms with E-state index in [0.717, 1.165) is 28.8 Å². The minimum atomic E-state index is -0.536. The molecular formula is C22H20N2O3S. The number of carbonyl (C=O) groups excluding carboxylic acids is 2. The van der Waals surface area contributed by atoms with Crippen molar-refractivity contribution in [2.24, 2.45) is 0 Å². The van der Waals surface area contributed by atoms with Crippen LogP contribution in [0.4, 0.5) is 5.13 Å². The summed E-state index contributed by atoms with van der Waals surface area (Å²) in [4.78, 5) is 29.6. The topological polar surface area (TPSA) is 68.3 Å². The lowest BCUT2D eigenvalue weighted by molar-refractivity contribution is -0.144. The highest BCUT2D eigenvalue weighted by atomic mass is 32.1. The molecule has 5 nitrogen and oxygen atoms in total. The zero-order valence-corrected chi connectivity index (χ0v) is 16.2. The van der Waals surface area contributed by atoms with Crippen LogP contribution in [0.2, 0.25) is 0 Å². The van der Waals surface area contributed by atoms with E-state index in [9.17, 15) is 9.59 Å². The Labute approximate surface area is 167 Å². The minimum absolute atomic E-state index is 0.0386. The van der Waals surface area contributed by atoms with Gasteiger partial charge < -0.3 is 10.1 Å². The minimum Gasteiger partial charge on any atom is -0.452 e. The average Bonchev–Trinajstić information content (AvgIpc) is 3.41. The fourth-order valence-electron chi connectivity index (χ4n) is 3.30. The quantitative estimate of drug-likeness (QED) is 0.629. The number of carbonyl (C=O) groups is 2. The Hall–Kier alpha value is -2.99. The molecule has 1 N–H and O–H groups in total. The number of rotatable bonds is 6. The van der Waals surface area contributed by atoms with Crippen molar-refractivity contribution in [1.29, 1.82) is 0 Å².